The fraction of sp³-hybridized carbons (Fsp3) is 1.00. The molecule has 11 heavy (non-hydrogen) atoms. The molecule has 2 N–H and O–H groups in total. The molecule has 0 saturated carbocycles. The van der Waals surface area contributed by atoms with Gasteiger partial charge in [0.1, 0.15) is 0 Å². The molecule has 0 rings (SSSR count). The van der Waals surface area contributed by atoms with Gasteiger partial charge in [0.2, 0.25) is 0 Å². The maximum Gasteiger partial charge on any atom is 0.00483 e. The number of hydrogen-bond acceptors (Lipinski definition) is 2. The normalized spacial score (nSPS) is 13.9. The van der Waals surface area contributed by atoms with Crippen molar-refractivity contribution < 1.29 is 0 Å². The smallest absolute Gasteiger partial charge is 0.00483 e. The zero-order valence-electron chi connectivity index (χ0n) is 8.14. The number of rotatable bonds is 6. The van der Waals surface area contributed by atoms with Gasteiger partial charge in [0.25, 0.3) is 0 Å². The summed E-state index contributed by atoms with van der Waals surface area (Å²) >= 11 is 0. The van der Waals surface area contributed by atoms with Gasteiger partial charge in [0.05, 0.1) is 0 Å². The van der Waals surface area contributed by atoms with E-state index >= 15 is 0 Å². The summed E-state index contributed by atoms with van der Waals surface area (Å²) in [6.45, 7) is 6.68. The molecule has 0 aliphatic carbocycles. The van der Waals surface area contributed by atoms with Crippen molar-refractivity contribution in [2.24, 2.45) is 5.73 Å². The van der Waals surface area contributed by atoms with Crippen LogP contribution >= 0.6 is 0 Å². The summed E-state index contributed by atoms with van der Waals surface area (Å²) in [5.74, 6) is 0. The van der Waals surface area contributed by atoms with E-state index in [-0.39, 0.29) is 0 Å². The standard InChI is InChI=1S/C9H22N2/c1-4-7-11(3)8-6-9(10)5-2/h9H,4-8,10H2,1-3H3. The van der Waals surface area contributed by atoms with Gasteiger partial charge in [0.15, 0.2) is 0 Å². The molecule has 0 heterocycles. The average Bonchev–Trinajstić information content (AvgIpc) is 2.01. The van der Waals surface area contributed by atoms with E-state index in [9.17, 15) is 0 Å². The van der Waals surface area contributed by atoms with E-state index in [1.807, 2.05) is 0 Å². The highest BCUT2D eigenvalue weighted by Gasteiger charge is 2.00. The minimum atomic E-state index is 0.398. The topological polar surface area (TPSA) is 29.3 Å². The Morgan fingerprint density at radius 2 is 1.91 bits per heavy atom. The largest absolute Gasteiger partial charge is 0.328 e. The Morgan fingerprint density at radius 1 is 1.27 bits per heavy atom. The molecule has 0 aromatic heterocycles. The fourth-order valence-corrected chi connectivity index (χ4v) is 1.08. The van der Waals surface area contributed by atoms with Crippen LogP contribution in [0, 0.1) is 0 Å². The molecule has 0 radical (unpaired) electrons. The molecule has 0 fully saturated rings. The third kappa shape index (κ3) is 6.32. The van der Waals surface area contributed by atoms with E-state index in [4.69, 9.17) is 5.73 Å². The summed E-state index contributed by atoms with van der Waals surface area (Å²) in [5, 5.41) is 0. The summed E-state index contributed by atoms with van der Waals surface area (Å²) in [7, 11) is 2.16. The molecule has 1 atom stereocenters. The van der Waals surface area contributed by atoms with Crippen molar-refractivity contribution in [3.8, 4) is 0 Å². The van der Waals surface area contributed by atoms with Gasteiger partial charge in [-0.2, -0.15) is 0 Å². The van der Waals surface area contributed by atoms with Crippen molar-refractivity contribution in [1.82, 2.24) is 4.90 Å². The van der Waals surface area contributed by atoms with E-state index in [0.29, 0.717) is 6.04 Å². The molecule has 0 aliphatic rings. The second kappa shape index (κ2) is 6.62. The lowest BCUT2D eigenvalue weighted by atomic mass is 10.1. The molecule has 0 amide bonds. The summed E-state index contributed by atoms with van der Waals surface area (Å²) in [6, 6.07) is 0.398. The van der Waals surface area contributed by atoms with Crippen molar-refractivity contribution in [1.29, 1.82) is 0 Å². The van der Waals surface area contributed by atoms with Crippen LogP contribution in [0.15, 0.2) is 0 Å². The highest BCUT2D eigenvalue weighted by Crippen LogP contribution is 1.96. The molecule has 68 valence electrons. The Kier molecular flexibility index (Phi) is 6.57. The van der Waals surface area contributed by atoms with E-state index in [1.165, 1.54) is 13.0 Å². The molecule has 0 aliphatic heterocycles. The number of nitrogens with two attached hydrogens (primary N) is 1. The van der Waals surface area contributed by atoms with E-state index < -0.39 is 0 Å². The lowest BCUT2D eigenvalue weighted by Crippen LogP contribution is -2.28. The van der Waals surface area contributed by atoms with Crippen molar-refractivity contribution in [3.05, 3.63) is 0 Å². The zero-order valence-corrected chi connectivity index (χ0v) is 8.14. The van der Waals surface area contributed by atoms with E-state index in [2.05, 4.69) is 25.8 Å². The fourth-order valence-electron chi connectivity index (χ4n) is 1.08. The van der Waals surface area contributed by atoms with Crippen LogP contribution in [0.5, 0.6) is 0 Å². The Hall–Kier alpha value is -0.0800. The Morgan fingerprint density at radius 3 is 2.36 bits per heavy atom. The molecule has 0 aromatic rings. The third-order valence-electron chi connectivity index (χ3n) is 2.01. The second-order valence-electron chi connectivity index (χ2n) is 3.26. The monoisotopic (exact) mass is 158 g/mol. The predicted octanol–water partition coefficient (Wildman–Crippen LogP) is 1.46. The lowest BCUT2D eigenvalue weighted by molar-refractivity contribution is 0.317. The minimum Gasteiger partial charge on any atom is -0.328 e. The van der Waals surface area contributed by atoms with Gasteiger partial charge >= 0.3 is 0 Å². The second-order valence-corrected chi connectivity index (χ2v) is 3.26. The lowest BCUT2D eigenvalue weighted by Gasteiger charge is -2.17. The van der Waals surface area contributed by atoms with Crippen LogP contribution in [-0.4, -0.2) is 31.1 Å². The molecular weight excluding hydrogens is 136 g/mol. The molecule has 0 bridgehead atoms. The van der Waals surface area contributed by atoms with Gasteiger partial charge in [-0.3, -0.25) is 0 Å². The van der Waals surface area contributed by atoms with Crippen molar-refractivity contribution in [3.63, 3.8) is 0 Å². The van der Waals surface area contributed by atoms with E-state index in [1.54, 1.807) is 0 Å². The molecule has 2 nitrogen and oxygen atoms in total. The zero-order chi connectivity index (χ0) is 8.69. The van der Waals surface area contributed by atoms with Crippen LogP contribution < -0.4 is 5.73 Å². The summed E-state index contributed by atoms with van der Waals surface area (Å²) in [4.78, 5) is 2.34. The molecular formula is C9H22N2. The first-order chi connectivity index (χ1) is 5.20. The molecule has 0 saturated heterocycles. The van der Waals surface area contributed by atoms with E-state index in [0.717, 1.165) is 19.4 Å². The maximum atomic E-state index is 5.79. The molecule has 2 heteroatoms. The van der Waals surface area contributed by atoms with Gasteiger partial charge in [-0.25, -0.2) is 0 Å². The van der Waals surface area contributed by atoms with Crippen LogP contribution in [0.1, 0.15) is 33.1 Å². The molecule has 0 spiro atoms. The highest BCUT2D eigenvalue weighted by molar-refractivity contribution is 4.61. The van der Waals surface area contributed by atoms with Crippen LogP contribution in [0.4, 0.5) is 0 Å². The molecule has 0 aromatic carbocycles. The van der Waals surface area contributed by atoms with Gasteiger partial charge < -0.3 is 10.6 Å². The first kappa shape index (κ1) is 10.9. The summed E-state index contributed by atoms with van der Waals surface area (Å²) in [5.41, 5.74) is 5.79. The minimum absolute atomic E-state index is 0.398. The first-order valence-corrected chi connectivity index (χ1v) is 4.64. The van der Waals surface area contributed by atoms with Crippen LogP contribution in [0.2, 0.25) is 0 Å². The van der Waals surface area contributed by atoms with Crippen molar-refractivity contribution in [2.75, 3.05) is 20.1 Å². The van der Waals surface area contributed by atoms with Crippen LogP contribution in [-0.2, 0) is 0 Å². The Bertz CT molecular complexity index is 83.6. The SMILES string of the molecule is CCCN(C)CCC(N)CC. The quantitative estimate of drug-likeness (QED) is 0.634. The van der Waals surface area contributed by atoms with Crippen molar-refractivity contribution in [2.45, 2.75) is 39.2 Å². The first-order valence-electron chi connectivity index (χ1n) is 4.64. The highest BCUT2D eigenvalue weighted by atomic mass is 15.1. The maximum absolute atomic E-state index is 5.79. The van der Waals surface area contributed by atoms with Crippen LogP contribution in [0.3, 0.4) is 0 Å². The summed E-state index contributed by atoms with van der Waals surface area (Å²) < 4.78 is 0. The average molecular weight is 158 g/mol. The summed E-state index contributed by atoms with van der Waals surface area (Å²) in [6.07, 6.45) is 3.46. The van der Waals surface area contributed by atoms with Gasteiger partial charge in [0, 0.05) is 6.04 Å². The van der Waals surface area contributed by atoms with Gasteiger partial charge in [-0.15, -0.1) is 0 Å². The van der Waals surface area contributed by atoms with Gasteiger partial charge in [-0.1, -0.05) is 13.8 Å². The Balaban J connectivity index is 3.22. The third-order valence-corrected chi connectivity index (χ3v) is 2.01. The van der Waals surface area contributed by atoms with Crippen LogP contribution in [0.25, 0.3) is 0 Å². The predicted molar refractivity (Wildman–Crippen MR) is 50.7 cm³/mol. The molecule has 1 unspecified atom stereocenters. The Labute approximate surface area is 70.8 Å². The van der Waals surface area contributed by atoms with Gasteiger partial charge in [-0.05, 0) is 39.4 Å². The number of hydrogen-bond donors (Lipinski definition) is 1. The number of nitrogens with zero attached hydrogens (tertiary/aromatic N) is 1. The van der Waals surface area contributed by atoms with Crippen molar-refractivity contribution >= 4 is 0 Å².